The van der Waals surface area contributed by atoms with E-state index < -0.39 is 0 Å². The molecule has 0 atom stereocenters. The highest BCUT2D eigenvalue weighted by Crippen LogP contribution is 2.39. The van der Waals surface area contributed by atoms with Gasteiger partial charge in [0.05, 0.1) is 13.2 Å². The Kier molecular flexibility index (Phi) is 3.88. The number of nitrogens with two attached hydrogens (primary N) is 1. The van der Waals surface area contributed by atoms with E-state index in [0.717, 1.165) is 37.2 Å². The topological polar surface area (TPSA) is 44.5 Å². The normalized spacial score (nSPS) is 22.1. The van der Waals surface area contributed by atoms with Crippen LogP contribution in [-0.2, 0) is 5.54 Å². The minimum Gasteiger partial charge on any atom is -0.493 e. The minimum atomic E-state index is -0.180. The van der Waals surface area contributed by atoms with Crippen LogP contribution in [0.15, 0.2) is 18.2 Å². The second-order valence-corrected chi connectivity index (χ2v) is 6.25. The summed E-state index contributed by atoms with van der Waals surface area (Å²) >= 11 is 0. The molecule has 0 saturated heterocycles. The molecule has 0 spiro atoms. The van der Waals surface area contributed by atoms with Crippen molar-refractivity contribution in [3.8, 4) is 11.5 Å². The number of ether oxygens (including phenoxy) is 2. The molecule has 2 saturated carbocycles. The van der Waals surface area contributed by atoms with E-state index in [4.69, 9.17) is 15.2 Å². The van der Waals surface area contributed by atoms with Gasteiger partial charge in [-0.15, -0.1) is 0 Å². The Hall–Kier alpha value is -1.22. The first-order chi connectivity index (χ1) is 9.71. The molecule has 2 aliphatic rings. The minimum absolute atomic E-state index is 0.180. The standard InChI is InChI=1S/C17H25NO2/c1-19-16-12-13(17(18)10-3-2-4-11-17)8-9-15(16)20-14-6-5-7-14/h8-9,12,14H,2-7,10-11,18H2,1H3. The summed E-state index contributed by atoms with van der Waals surface area (Å²) < 4.78 is 11.5. The molecule has 0 aromatic heterocycles. The Labute approximate surface area is 121 Å². The first kappa shape index (κ1) is 13.7. The lowest BCUT2D eigenvalue weighted by molar-refractivity contribution is 0.116. The van der Waals surface area contributed by atoms with Gasteiger partial charge in [0.15, 0.2) is 11.5 Å². The largest absolute Gasteiger partial charge is 0.493 e. The number of hydrogen-bond acceptors (Lipinski definition) is 3. The monoisotopic (exact) mass is 275 g/mol. The zero-order chi connectivity index (χ0) is 14.0. The predicted octanol–water partition coefficient (Wildman–Crippen LogP) is 3.74. The van der Waals surface area contributed by atoms with E-state index in [1.165, 1.54) is 31.2 Å². The molecule has 0 heterocycles. The molecule has 0 amide bonds. The van der Waals surface area contributed by atoms with E-state index in [-0.39, 0.29) is 5.54 Å². The molecule has 0 bridgehead atoms. The van der Waals surface area contributed by atoms with Crippen LogP contribution in [0.4, 0.5) is 0 Å². The van der Waals surface area contributed by atoms with Gasteiger partial charge in [-0.3, -0.25) is 0 Å². The molecule has 3 nitrogen and oxygen atoms in total. The fraction of sp³-hybridized carbons (Fsp3) is 0.647. The van der Waals surface area contributed by atoms with Crippen molar-refractivity contribution in [1.29, 1.82) is 0 Å². The Morgan fingerprint density at radius 1 is 1.05 bits per heavy atom. The molecule has 110 valence electrons. The maximum atomic E-state index is 6.60. The Balaban J connectivity index is 1.82. The van der Waals surface area contributed by atoms with Crippen LogP contribution >= 0.6 is 0 Å². The smallest absolute Gasteiger partial charge is 0.161 e. The van der Waals surface area contributed by atoms with Crippen LogP contribution in [0.3, 0.4) is 0 Å². The van der Waals surface area contributed by atoms with E-state index >= 15 is 0 Å². The predicted molar refractivity (Wildman–Crippen MR) is 80.2 cm³/mol. The molecule has 1 aromatic carbocycles. The highest BCUT2D eigenvalue weighted by Gasteiger charge is 2.30. The zero-order valence-electron chi connectivity index (χ0n) is 12.4. The maximum absolute atomic E-state index is 6.60. The van der Waals surface area contributed by atoms with Crippen molar-refractivity contribution in [3.05, 3.63) is 23.8 Å². The molecule has 0 aliphatic heterocycles. The van der Waals surface area contributed by atoms with Gasteiger partial charge in [-0.2, -0.15) is 0 Å². The van der Waals surface area contributed by atoms with E-state index in [2.05, 4.69) is 12.1 Å². The average Bonchev–Trinajstić information content (AvgIpc) is 2.43. The van der Waals surface area contributed by atoms with Crippen molar-refractivity contribution >= 4 is 0 Å². The van der Waals surface area contributed by atoms with Crippen LogP contribution in [0.2, 0.25) is 0 Å². The fourth-order valence-electron chi connectivity index (χ4n) is 3.21. The van der Waals surface area contributed by atoms with Crippen molar-refractivity contribution in [2.24, 2.45) is 5.73 Å². The molecule has 3 rings (SSSR count). The van der Waals surface area contributed by atoms with E-state index in [0.29, 0.717) is 6.10 Å². The maximum Gasteiger partial charge on any atom is 0.161 e. The molecule has 2 aliphatic carbocycles. The Morgan fingerprint density at radius 3 is 2.40 bits per heavy atom. The molecule has 20 heavy (non-hydrogen) atoms. The Morgan fingerprint density at radius 2 is 1.80 bits per heavy atom. The molecular formula is C17H25NO2. The second kappa shape index (κ2) is 5.65. The van der Waals surface area contributed by atoms with E-state index in [1.807, 2.05) is 6.07 Å². The molecule has 2 N–H and O–H groups in total. The van der Waals surface area contributed by atoms with Crippen LogP contribution in [0.25, 0.3) is 0 Å². The zero-order valence-corrected chi connectivity index (χ0v) is 12.4. The van der Waals surface area contributed by atoms with Crippen LogP contribution in [0.5, 0.6) is 11.5 Å². The number of rotatable bonds is 4. The van der Waals surface area contributed by atoms with Crippen molar-refractivity contribution < 1.29 is 9.47 Å². The summed E-state index contributed by atoms with van der Waals surface area (Å²) in [6, 6.07) is 6.25. The van der Waals surface area contributed by atoms with Crippen molar-refractivity contribution in [2.75, 3.05) is 7.11 Å². The third kappa shape index (κ3) is 2.64. The SMILES string of the molecule is COc1cc(C2(N)CCCCC2)ccc1OC1CCC1. The van der Waals surface area contributed by atoms with Crippen molar-refractivity contribution in [1.82, 2.24) is 0 Å². The fourth-order valence-corrected chi connectivity index (χ4v) is 3.21. The molecule has 2 fully saturated rings. The second-order valence-electron chi connectivity index (χ2n) is 6.25. The van der Waals surface area contributed by atoms with Gasteiger partial charge >= 0.3 is 0 Å². The van der Waals surface area contributed by atoms with E-state index in [1.54, 1.807) is 7.11 Å². The summed E-state index contributed by atoms with van der Waals surface area (Å²) in [5.74, 6) is 1.69. The van der Waals surface area contributed by atoms with Crippen LogP contribution < -0.4 is 15.2 Å². The van der Waals surface area contributed by atoms with Gasteiger partial charge in [0.1, 0.15) is 0 Å². The third-order valence-corrected chi connectivity index (χ3v) is 4.83. The lowest BCUT2D eigenvalue weighted by Crippen LogP contribution is -2.38. The summed E-state index contributed by atoms with van der Waals surface area (Å²) in [5, 5.41) is 0. The van der Waals surface area contributed by atoms with Gasteiger partial charge in [-0.1, -0.05) is 25.3 Å². The molecule has 0 radical (unpaired) electrons. The highest BCUT2D eigenvalue weighted by atomic mass is 16.5. The summed E-state index contributed by atoms with van der Waals surface area (Å²) in [4.78, 5) is 0. The number of methoxy groups -OCH3 is 1. The van der Waals surface area contributed by atoms with Crippen LogP contribution in [-0.4, -0.2) is 13.2 Å². The van der Waals surface area contributed by atoms with Gasteiger partial charge < -0.3 is 15.2 Å². The van der Waals surface area contributed by atoms with Gasteiger partial charge in [-0.25, -0.2) is 0 Å². The molecular weight excluding hydrogens is 250 g/mol. The molecule has 1 aromatic rings. The number of benzene rings is 1. The highest BCUT2D eigenvalue weighted by molar-refractivity contribution is 5.45. The van der Waals surface area contributed by atoms with Gasteiger partial charge in [0.2, 0.25) is 0 Å². The summed E-state index contributed by atoms with van der Waals surface area (Å²) in [6.45, 7) is 0. The van der Waals surface area contributed by atoms with Crippen molar-refractivity contribution in [3.63, 3.8) is 0 Å². The summed E-state index contributed by atoms with van der Waals surface area (Å²) in [6.07, 6.45) is 9.85. The molecule has 3 heteroatoms. The van der Waals surface area contributed by atoms with Crippen LogP contribution in [0.1, 0.15) is 56.9 Å². The van der Waals surface area contributed by atoms with E-state index in [9.17, 15) is 0 Å². The quantitative estimate of drug-likeness (QED) is 0.910. The van der Waals surface area contributed by atoms with Crippen molar-refractivity contribution in [2.45, 2.75) is 63.0 Å². The third-order valence-electron chi connectivity index (χ3n) is 4.83. The lowest BCUT2D eigenvalue weighted by Gasteiger charge is -2.34. The first-order valence-corrected chi connectivity index (χ1v) is 7.85. The van der Waals surface area contributed by atoms with Gasteiger partial charge in [0, 0.05) is 5.54 Å². The summed E-state index contributed by atoms with van der Waals surface area (Å²) in [5.41, 5.74) is 7.61. The first-order valence-electron chi connectivity index (χ1n) is 7.85. The average molecular weight is 275 g/mol. The number of hydrogen-bond donors (Lipinski definition) is 1. The van der Waals surface area contributed by atoms with Gasteiger partial charge in [-0.05, 0) is 49.8 Å². The lowest BCUT2D eigenvalue weighted by atomic mass is 9.77. The molecule has 0 unspecified atom stereocenters. The summed E-state index contributed by atoms with van der Waals surface area (Å²) in [7, 11) is 1.71. The van der Waals surface area contributed by atoms with Gasteiger partial charge in [0.25, 0.3) is 0 Å². The Bertz CT molecular complexity index is 462. The van der Waals surface area contributed by atoms with Crippen LogP contribution in [0, 0.1) is 0 Å².